The summed E-state index contributed by atoms with van der Waals surface area (Å²) in [6, 6.07) is 1.89. The van der Waals surface area contributed by atoms with Crippen LogP contribution in [0.1, 0.15) is 17.0 Å². The highest BCUT2D eigenvalue weighted by molar-refractivity contribution is 5.30. The standard InChI is InChI=1S/C10H10F5N/c1-5-2-3-7(11)8(9(5)12)6(4-16)10(13,14)15/h2-3,6H,4,16H2,1H3. The number of halogens is 5. The lowest BCUT2D eigenvalue weighted by Gasteiger charge is -2.20. The quantitative estimate of drug-likeness (QED) is 0.789. The van der Waals surface area contributed by atoms with Crippen molar-refractivity contribution in [3.05, 3.63) is 34.9 Å². The van der Waals surface area contributed by atoms with E-state index in [0.717, 1.165) is 12.1 Å². The highest BCUT2D eigenvalue weighted by atomic mass is 19.4. The summed E-state index contributed by atoms with van der Waals surface area (Å²) < 4.78 is 64.1. The predicted octanol–water partition coefficient (Wildman–Crippen LogP) is 2.88. The molecule has 0 aliphatic heterocycles. The first kappa shape index (κ1) is 12.9. The number of hydrogen-bond donors (Lipinski definition) is 1. The second-order valence-electron chi connectivity index (χ2n) is 3.42. The lowest BCUT2D eigenvalue weighted by Crippen LogP contribution is -2.30. The summed E-state index contributed by atoms with van der Waals surface area (Å²) in [5.41, 5.74) is 3.88. The van der Waals surface area contributed by atoms with E-state index in [1.807, 2.05) is 0 Å². The topological polar surface area (TPSA) is 26.0 Å². The third-order valence-electron chi connectivity index (χ3n) is 2.30. The fraction of sp³-hybridized carbons (Fsp3) is 0.400. The van der Waals surface area contributed by atoms with E-state index < -0.39 is 35.8 Å². The monoisotopic (exact) mass is 239 g/mol. The Balaban J connectivity index is 3.36. The van der Waals surface area contributed by atoms with Crippen molar-refractivity contribution in [2.24, 2.45) is 5.73 Å². The van der Waals surface area contributed by atoms with Crippen LogP contribution >= 0.6 is 0 Å². The van der Waals surface area contributed by atoms with Crippen molar-refractivity contribution in [3.8, 4) is 0 Å². The van der Waals surface area contributed by atoms with Crippen molar-refractivity contribution in [1.29, 1.82) is 0 Å². The molecule has 0 bridgehead atoms. The molecule has 0 amide bonds. The van der Waals surface area contributed by atoms with Gasteiger partial charge in [0.1, 0.15) is 11.6 Å². The van der Waals surface area contributed by atoms with Crippen LogP contribution in [-0.4, -0.2) is 12.7 Å². The molecule has 1 unspecified atom stereocenters. The van der Waals surface area contributed by atoms with Crippen LogP contribution in [0.4, 0.5) is 22.0 Å². The first-order valence-electron chi connectivity index (χ1n) is 4.50. The van der Waals surface area contributed by atoms with Crippen LogP contribution in [0.15, 0.2) is 12.1 Å². The first-order valence-corrected chi connectivity index (χ1v) is 4.50. The third-order valence-corrected chi connectivity index (χ3v) is 2.30. The molecule has 0 saturated carbocycles. The first-order chi connectivity index (χ1) is 7.29. The Hall–Kier alpha value is -1.17. The van der Waals surface area contributed by atoms with E-state index in [1.54, 1.807) is 0 Å². The largest absolute Gasteiger partial charge is 0.397 e. The van der Waals surface area contributed by atoms with Gasteiger partial charge in [0.05, 0.1) is 5.92 Å². The molecule has 0 aliphatic carbocycles. The molecule has 1 aromatic rings. The van der Waals surface area contributed by atoms with Gasteiger partial charge in [-0.3, -0.25) is 0 Å². The van der Waals surface area contributed by atoms with Gasteiger partial charge in [0.15, 0.2) is 0 Å². The number of hydrogen-bond acceptors (Lipinski definition) is 1. The summed E-state index contributed by atoms with van der Waals surface area (Å²) in [6.45, 7) is 0.378. The Kier molecular flexibility index (Phi) is 3.52. The van der Waals surface area contributed by atoms with Crippen LogP contribution in [0.3, 0.4) is 0 Å². The van der Waals surface area contributed by atoms with Crippen molar-refractivity contribution in [2.75, 3.05) is 6.54 Å². The van der Waals surface area contributed by atoms with E-state index in [0.29, 0.717) is 0 Å². The minimum absolute atomic E-state index is 0.0425. The molecule has 0 heterocycles. The SMILES string of the molecule is Cc1ccc(F)c(C(CN)C(F)(F)F)c1F. The normalized spacial score (nSPS) is 13.9. The average Bonchev–Trinajstić information content (AvgIpc) is 2.16. The minimum atomic E-state index is -4.76. The number of rotatable bonds is 2. The molecule has 0 aliphatic rings. The van der Waals surface area contributed by atoms with Crippen molar-refractivity contribution in [1.82, 2.24) is 0 Å². The molecular weight excluding hydrogens is 229 g/mol. The van der Waals surface area contributed by atoms with Gasteiger partial charge in [-0.05, 0) is 18.6 Å². The Morgan fingerprint density at radius 2 is 1.81 bits per heavy atom. The summed E-state index contributed by atoms with van der Waals surface area (Å²) in [5.74, 6) is -4.73. The van der Waals surface area contributed by atoms with Crippen LogP contribution in [0.25, 0.3) is 0 Å². The van der Waals surface area contributed by atoms with E-state index in [9.17, 15) is 22.0 Å². The molecule has 0 spiro atoms. The molecule has 0 fully saturated rings. The van der Waals surface area contributed by atoms with Gasteiger partial charge in [-0.2, -0.15) is 13.2 Å². The van der Waals surface area contributed by atoms with Crippen LogP contribution in [0, 0.1) is 18.6 Å². The van der Waals surface area contributed by atoms with Crippen molar-refractivity contribution in [3.63, 3.8) is 0 Å². The Morgan fingerprint density at radius 1 is 1.25 bits per heavy atom. The predicted molar refractivity (Wildman–Crippen MR) is 48.9 cm³/mol. The molecule has 1 aromatic carbocycles. The van der Waals surface area contributed by atoms with Crippen LogP contribution < -0.4 is 5.73 Å². The van der Waals surface area contributed by atoms with E-state index >= 15 is 0 Å². The average molecular weight is 239 g/mol. The maximum absolute atomic E-state index is 13.4. The molecule has 1 atom stereocenters. The highest BCUT2D eigenvalue weighted by Gasteiger charge is 2.42. The number of nitrogens with two attached hydrogens (primary N) is 1. The molecule has 0 radical (unpaired) electrons. The maximum atomic E-state index is 13.4. The summed E-state index contributed by atoms with van der Waals surface area (Å²) in [5, 5.41) is 0. The lowest BCUT2D eigenvalue weighted by atomic mass is 9.95. The molecule has 0 saturated heterocycles. The molecule has 0 aromatic heterocycles. The van der Waals surface area contributed by atoms with Gasteiger partial charge in [0.2, 0.25) is 0 Å². The van der Waals surface area contributed by atoms with Gasteiger partial charge >= 0.3 is 6.18 Å². The Bertz CT molecular complexity index is 386. The second-order valence-corrected chi connectivity index (χ2v) is 3.42. The van der Waals surface area contributed by atoms with Crippen molar-refractivity contribution in [2.45, 2.75) is 19.0 Å². The van der Waals surface area contributed by atoms with Crippen LogP contribution in [0.5, 0.6) is 0 Å². The summed E-state index contributed by atoms with van der Waals surface area (Å²) in [6.07, 6.45) is -4.76. The second kappa shape index (κ2) is 4.37. The van der Waals surface area contributed by atoms with E-state index in [2.05, 4.69) is 0 Å². The molecule has 90 valence electrons. The highest BCUT2D eigenvalue weighted by Crippen LogP contribution is 2.37. The minimum Gasteiger partial charge on any atom is -0.330 e. The molecule has 16 heavy (non-hydrogen) atoms. The molecule has 6 heteroatoms. The number of benzene rings is 1. The van der Waals surface area contributed by atoms with E-state index in [1.165, 1.54) is 6.92 Å². The maximum Gasteiger partial charge on any atom is 0.397 e. The Morgan fingerprint density at radius 3 is 2.25 bits per heavy atom. The molecule has 1 rings (SSSR count). The smallest absolute Gasteiger partial charge is 0.330 e. The van der Waals surface area contributed by atoms with Gasteiger partial charge in [-0.15, -0.1) is 0 Å². The molecule has 2 N–H and O–H groups in total. The Labute approximate surface area is 89.1 Å². The summed E-state index contributed by atoms with van der Waals surface area (Å²) in [4.78, 5) is 0. The molecule has 1 nitrogen and oxygen atoms in total. The number of aryl methyl sites for hydroxylation is 1. The van der Waals surface area contributed by atoms with Crippen LogP contribution in [0.2, 0.25) is 0 Å². The summed E-state index contributed by atoms with van der Waals surface area (Å²) in [7, 11) is 0. The zero-order chi connectivity index (χ0) is 12.5. The van der Waals surface area contributed by atoms with Crippen molar-refractivity contribution < 1.29 is 22.0 Å². The zero-order valence-corrected chi connectivity index (χ0v) is 8.41. The number of alkyl halides is 3. The lowest BCUT2D eigenvalue weighted by molar-refractivity contribution is -0.149. The van der Waals surface area contributed by atoms with Gasteiger partial charge in [-0.1, -0.05) is 6.07 Å². The van der Waals surface area contributed by atoms with Gasteiger partial charge in [0, 0.05) is 12.1 Å². The van der Waals surface area contributed by atoms with Gasteiger partial charge < -0.3 is 5.73 Å². The van der Waals surface area contributed by atoms with Gasteiger partial charge in [0.25, 0.3) is 0 Å². The fourth-order valence-corrected chi connectivity index (χ4v) is 1.41. The molecular formula is C10H10F5N. The summed E-state index contributed by atoms with van der Waals surface area (Å²) >= 11 is 0. The van der Waals surface area contributed by atoms with E-state index in [-0.39, 0.29) is 5.56 Å². The van der Waals surface area contributed by atoms with E-state index in [4.69, 9.17) is 5.73 Å². The van der Waals surface area contributed by atoms with Crippen molar-refractivity contribution >= 4 is 0 Å². The van der Waals surface area contributed by atoms with Gasteiger partial charge in [-0.25, -0.2) is 8.78 Å². The zero-order valence-electron chi connectivity index (χ0n) is 8.41. The third kappa shape index (κ3) is 2.32. The van der Waals surface area contributed by atoms with Crippen LogP contribution in [-0.2, 0) is 0 Å². The fourth-order valence-electron chi connectivity index (χ4n) is 1.41.